The van der Waals surface area contributed by atoms with Crippen LogP contribution in [0.25, 0.3) is 0 Å². The van der Waals surface area contributed by atoms with Crippen LogP contribution < -0.4 is 11.5 Å². The summed E-state index contributed by atoms with van der Waals surface area (Å²) >= 11 is 0. The first-order chi connectivity index (χ1) is 4.57. The molecule has 0 rings (SSSR count). The molecule has 0 bridgehead atoms. The second kappa shape index (κ2) is 3.84. The van der Waals surface area contributed by atoms with Crippen molar-refractivity contribution >= 4 is 11.9 Å². The molecule has 0 saturated carbocycles. The minimum atomic E-state index is -0.893. The number of carbonyl (C=O) groups excluding carboxylic acids is 2. The fourth-order valence-corrected chi connectivity index (χ4v) is 0.303. The van der Waals surface area contributed by atoms with E-state index in [0.717, 1.165) is 0 Å². The quantitative estimate of drug-likeness (QED) is 0.467. The van der Waals surface area contributed by atoms with Gasteiger partial charge in [0, 0.05) is 0 Å². The maximum atomic E-state index is 10.4. The molecule has 0 aliphatic heterocycles. The Morgan fingerprint density at radius 3 is 2.40 bits per heavy atom. The van der Waals surface area contributed by atoms with Gasteiger partial charge in [0.15, 0.2) is 6.10 Å². The van der Waals surface area contributed by atoms with E-state index in [2.05, 4.69) is 4.74 Å². The number of amides is 1. The standard InChI is InChI=1S/C5H10N2O3/c1-3(5(7)9)10-4(8)2-6/h3H,2,6H2,1H3,(H2,7,9). The van der Waals surface area contributed by atoms with Gasteiger partial charge in [-0.25, -0.2) is 0 Å². The van der Waals surface area contributed by atoms with Crippen LogP contribution in [0, 0.1) is 0 Å². The van der Waals surface area contributed by atoms with Crippen molar-refractivity contribution in [3.63, 3.8) is 0 Å². The highest BCUT2D eigenvalue weighted by molar-refractivity contribution is 5.82. The van der Waals surface area contributed by atoms with E-state index in [1.807, 2.05) is 0 Å². The third-order valence-corrected chi connectivity index (χ3v) is 0.876. The molecule has 58 valence electrons. The topological polar surface area (TPSA) is 95.4 Å². The molecule has 0 aromatic heterocycles. The van der Waals surface area contributed by atoms with Crippen molar-refractivity contribution in [2.45, 2.75) is 13.0 Å². The zero-order valence-corrected chi connectivity index (χ0v) is 5.66. The van der Waals surface area contributed by atoms with Crippen molar-refractivity contribution in [3.8, 4) is 0 Å². The third kappa shape index (κ3) is 3.03. The van der Waals surface area contributed by atoms with E-state index >= 15 is 0 Å². The Hall–Kier alpha value is -1.10. The van der Waals surface area contributed by atoms with Gasteiger partial charge in [-0.2, -0.15) is 0 Å². The Balaban J connectivity index is 3.68. The van der Waals surface area contributed by atoms with E-state index in [1.54, 1.807) is 0 Å². The number of ether oxygens (including phenoxy) is 1. The normalized spacial score (nSPS) is 12.2. The molecule has 0 spiro atoms. The van der Waals surface area contributed by atoms with Crippen molar-refractivity contribution in [2.24, 2.45) is 11.5 Å². The second-order valence-electron chi connectivity index (χ2n) is 1.74. The molecule has 0 fully saturated rings. The summed E-state index contributed by atoms with van der Waals surface area (Å²) < 4.78 is 4.42. The fraction of sp³-hybridized carbons (Fsp3) is 0.600. The van der Waals surface area contributed by atoms with Gasteiger partial charge in [0.1, 0.15) is 0 Å². The number of esters is 1. The molecular formula is C5H10N2O3. The van der Waals surface area contributed by atoms with Crippen LogP contribution in [0.1, 0.15) is 6.92 Å². The molecule has 10 heavy (non-hydrogen) atoms. The van der Waals surface area contributed by atoms with Gasteiger partial charge in [-0.15, -0.1) is 0 Å². The molecule has 0 aromatic carbocycles. The molecule has 5 nitrogen and oxygen atoms in total. The van der Waals surface area contributed by atoms with Crippen LogP contribution in [0.4, 0.5) is 0 Å². The summed E-state index contributed by atoms with van der Waals surface area (Å²) in [6.07, 6.45) is -0.893. The zero-order valence-electron chi connectivity index (χ0n) is 5.66. The lowest BCUT2D eigenvalue weighted by molar-refractivity contribution is -0.152. The Morgan fingerprint density at radius 2 is 2.10 bits per heavy atom. The first-order valence-electron chi connectivity index (χ1n) is 2.76. The van der Waals surface area contributed by atoms with E-state index in [-0.39, 0.29) is 6.54 Å². The molecular weight excluding hydrogens is 136 g/mol. The van der Waals surface area contributed by atoms with Crippen molar-refractivity contribution in [1.29, 1.82) is 0 Å². The summed E-state index contributed by atoms with van der Waals surface area (Å²) in [5, 5.41) is 0. The van der Waals surface area contributed by atoms with Crippen LogP contribution in [-0.2, 0) is 14.3 Å². The van der Waals surface area contributed by atoms with Crippen LogP contribution in [-0.4, -0.2) is 24.5 Å². The van der Waals surface area contributed by atoms with E-state index in [9.17, 15) is 9.59 Å². The summed E-state index contributed by atoms with van der Waals surface area (Å²) in [5.41, 5.74) is 9.68. The minimum absolute atomic E-state index is 0.238. The maximum Gasteiger partial charge on any atom is 0.320 e. The first kappa shape index (κ1) is 8.90. The Morgan fingerprint density at radius 1 is 1.60 bits per heavy atom. The van der Waals surface area contributed by atoms with Crippen LogP contribution in [0.2, 0.25) is 0 Å². The lowest BCUT2D eigenvalue weighted by Gasteiger charge is -2.06. The average Bonchev–Trinajstić information content (AvgIpc) is 1.87. The van der Waals surface area contributed by atoms with Gasteiger partial charge in [-0.1, -0.05) is 0 Å². The summed E-state index contributed by atoms with van der Waals surface area (Å²) in [7, 11) is 0. The zero-order chi connectivity index (χ0) is 8.15. The molecule has 1 unspecified atom stereocenters. The number of hydrogen-bond acceptors (Lipinski definition) is 4. The van der Waals surface area contributed by atoms with Crippen molar-refractivity contribution in [2.75, 3.05) is 6.54 Å². The average molecular weight is 146 g/mol. The molecule has 0 aliphatic carbocycles. The van der Waals surface area contributed by atoms with E-state index < -0.39 is 18.0 Å². The van der Waals surface area contributed by atoms with Gasteiger partial charge < -0.3 is 16.2 Å². The molecule has 4 N–H and O–H groups in total. The fourth-order valence-electron chi connectivity index (χ4n) is 0.303. The van der Waals surface area contributed by atoms with Crippen LogP contribution in [0.3, 0.4) is 0 Å². The molecule has 0 aromatic rings. The van der Waals surface area contributed by atoms with Crippen LogP contribution in [0.5, 0.6) is 0 Å². The second-order valence-corrected chi connectivity index (χ2v) is 1.74. The monoisotopic (exact) mass is 146 g/mol. The molecule has 0 heterocycles. The third-order valence-electron chi connectivity index (χ3n) is 0.876. The van der Waals surface area contributed by atoms with E-state index in [1.165, 1.54) is 6.92 Å². The highest BCUT2D eigenvalue weighted by Gasteiger charge is 2.12. The van der Waals surface area contributed by atoms with Gasteiger partial charge in [0.2, 0.25) is 0 Å². The number of primary amides is 1. The summed E-state index contributed by atoms with van der Waals surface area (Å²) in [4.78, 5) is 20.6. The smallest absolute Gasteiger partial charge is 0.320 e. The van der Waals surface area contributed by atoms with Gasteiger partial charge in [-0.3, -0.25) is 9.59 Å². The summed E-state index contributed by atoms with van der Waals surface area (Å²) in [5.74, 6) is -1.31. The van der Waals surface area contributed by atoms with Crippen molar-refractivity contribution in [1.82, 2.24) is 0 Å². The lowest BCUT2D eigenvalue weighted by Crippen LogP contribution is -2.32. The summed E-state index contributed by atoms with van der Waals surface area (Å²) in [6, 6.07) is 0. The van der Waals surface area contributed by atoms with Gasteiger partial charge in [0.25, 0.3) is 5.91 Å². The van der Waals surface area contributed by atoms with Gasteiger partial charge >= 0.3 is 5.97 Å². The summed E-state index contributed by atoms with van der Waals surface area (Å²) in [6.45, 7) is 1.15. The highest BCUT2D eigenvalue weighted by Crippen LogP contribution is 1.87. The van der Waals surface area contributed by atoms with Gasteiger partial charge in [-0.05, 0) is 6.92 Å². The predicted molar refractivity (Wildman–Crippen MR) is 33.8 cm³/mol. The Labute approximate surface area is 58.3 Å². The van der Waals surface area contributed by atoms with Crippen LogP contribution in [0.15, 0.2) is 0 Å². The van der Waals surface area contributed by atoms with Crippen LogP contribution >= 0.6 is 0 Å². The largest absolute Gasteiger partial charge is 0.452 e. The predicted octanol–water partition coefficient (Wildman–Crippen LogP) is -1.64. The molecule has 1 amide bonds. The Kier molecular flexibility index (Phi) is 3.42. The molecule has 0 saturated heterocycles. The molecule has 1 atom stereocenters. The maximum absolute atomic E-state index is 10.4. The molecule has 0 radical (unpaired) electrons. The highest BCUT2D eigenvalue weighted by atomic mass is 16.5. The molecule has 0 aliphatic rings. The number of rotatable bonds is 3. The van der Waals surface area contributed by atoms with E-state index in [0.29, 0.717) is 0 Å². The van der Waals surface area contributed by atoms with Gasteiger partial charge in [0.05, 0.1) is 6.54 Å². The van der Waals surface area contributed by atoms with Crippen molar-refractivity contribution < 1.29 is 14.3 Å². The minimum Gasteiger partial charge on any atom is -0.452 e. The lowest BCUT2D eigenvalue weighted by atomic mass is 10.4. The first-order valence-corrected chi connectivity index (χ1v) is 2.76. The van der Waals surface area contributed by atoms with E-state index in [4.69, 9.17) is 11.5 Å². The number of hydrogen-bond donors (Lipinski definition) is 2. The number of carbonyl (C=O) groups is 2. The SMILES string of the molecule is CC(OC(=O)CN)C(N)=O. The Bertz CT molecular complexity index is 146. The number of nitrogens with two attached hydrogens (primary N) is 2. The van der Waals surface area contributed by atoms with Crippen molar-refractivity contribution in [3.05, 3.63) is 0 Å². The molecule has 5 heteroatoms.